The third-order valence-corrected chi connectivity index (χ3v) is 3.85. The summed E-state index contributed by atoms with van der Waals surface area (Å²) in [4.78, 5) is 4.41. The maximum Gasteiger partial charge on any atom is 0.0948 e. The molecule has 0 aliphatic heterocycles. The minimum Gasteiger partial charge on any atom is -0.379 e. The van der Waals surface area contributed by atoms with E-state index in [0.717, 1.165) is 27.3 Å². The van der Waals surface area contributed by atoms with Crippen LogP contribution in [0.1, 0.15) is 11.3 Å². The highest BCUT2D eigenvalue weighted by molar-refractivity contribution is 6.35. The Morgan fingerprint density at radius 1 is 1.30 bits per heavy atom. The number of hydrogen-bond acceptors (Lipinski definition) is 3. The number of aromatic nitrogens is 3. The molecule has 0 saturated carbocycles. The molecule has 0 amide bonds. The number of nitrogens with zero attached hydrogens (tertiary/aromatic N) is 3. The lowest BCUT2D eigenvalue weighted by molar-refractivity contribution is 0.738. The molecular weight excluding hydrogens is 272 g/mol. The zero-order chi connectivity index (χ0) is 14.1. The molecule has 5 heteroatoms. The number of halogens is 1. The molecule has 20 heavy (non-hydrogen) atoms. The molecule has 1 N–H and O–H groups in total. The van der Waals surface area contributed by atoms with Gasteiger partial charge in [0.2, 0.25) is 0 Å². The van der Waals surface area contributed by atoms with E-state index in [1.54, 1.807) is 6.20 Å². The number of benzene rings is 1. The monoisotopic (exact) mass is 286 g/mol. The van der Waals surface area contributed by atoms with E-state index in [9.17, 15) is 0 Å². The van der Waals surface area contributed by atoms with Gasteiger partial charge in [-0.25, -0.2) is 0 Å². The number of nitrogens with one attached hydrogen (secondary N) is 1. The van der Waals surface area contributed by atoms with E-state index in [0.29, 0.717) is 6.54 Å². The standard InChI is InChI=1S/C15H15ClN4/c1-10-11(9-19-20(10)2)8-18-14-6-5-13(16)12-4-3-7-17-15(12)14/h3-7,9,18H,8H2,1-2H3. The van der Waals surface area contributed by atoms with Gasteiger partial charge in [0.05, 0.1) is 22.4 Å². The third kappa shape index (κ3) is 2.23. The molecule has 0 aliphatic rings. The first kappa shape index (κ1) is 12.9. The minimum absolute atomic E-state index is 0.715. The lowest BCUT2D eigenvalue weighted by atomic mass is 10.2. The van der Waals surface area contributed by atoms with Gasteiger partial charge in [-0.05, 0) is 31.2 Å². The van der Waals surface area contributed by atoms with Crippen LogP contribution >= 0.6 is 11.6 Å². The molecule has 1 aromatic carbocycles. The zero-order valence-corrected chi connectivity index (χ0v) is 12.1. The van der Waals surface area contributed by atoms with Crippen LogP contribution in [0.3, 0.4) is 0 Å². The van der Waals surface area contributed by atoms with Gasteiger partial charge in [0, 0.05) is 36.4 Å². The number of hydrogen-bond donors (Lipinski definition) is 1. The molecule has 4 nitrogen and oxygen atoms in total. The number of rotatable bonds is 3. The minimum atomic E-state index is 0.715. The average molecular weight is 287 g/mol. The number of anilines is 1. The van der Waals surface area contributed by atoms with Gasteiger partial charge in [0.25, 0.3) is 0 Å². The normalized spacial score (nSPS) is 10.9. The van der Waals surface area contributed by atoms with Crippen molar-refractivity contribution in [2.24, 2.45) is 7.05 Å². The Labute approximate surface area is 122 Å². The highest BCUT2D eigenvalue weighted by Crippen LogP contribution is 2.28. The van der Waals surface area contributed by atoms with Gasteiger partial charge in [0.1, 0.15) is 0 Å². The predicted molar refractivity (Wildman–Crippen MR) is 82.0 cm³/mol. The van der Waals surface area contributed by atoms with E-state index in [1.165, 1.54) is 5.56 Å². The smallest absolute Gasteiger partial charge is 0.0948 e. The van der Waals surface area contributed by atoms with Gasteiger partial charge in [0.15, 0.2) is 0 Å². The molecule has 2 aromatic heterocycles. The van der Waals surface area contributed by atoms with Gasteiger partial charge in [-0.1, -0.05) is 11.6 Å². The lowest BCUT2D eigenvalue weighted by Gasteiger charge is -2.10. The molecular formula is C15H15ClN4. The molecule has 0 bridgehead atoms. The van der Waals surface area contributed by atoms with E-state index in [-0.39, 0.29) is 0 Å². The summed E-state index contributed by atoms with van der Waals surface area (Å²) in [6.45, 7) is 2.77. The SMILES string of the molecule is Cc1c(CNc2ccc(Cl)c3cccnc23)cnn1C. The largest absolute Gasteiger partial charge is 0.379 e. The summed E-state index contributed by atoms with van der Waals surface area (Å²) in [7, 11) is 1.94. The van der Waals surface area contributed by atoms with Crippen LogP contribution in [0.5, 0.6) is 0 Å². The second-order valence-electron chi connectivity index (χ2n) is 4.73. The van der Waals surface area contributed by atoms with Crippen LogP contribution in [0.15, 0.2) is 36.7 Å². The van der Waals surface area contributed by atoms with Crippen LogP contribution in [-0.4, -0.2) is 14.8 Å². The van der Waals surface area contributed by atoms with E-state index >= 15 is 0 Å². The molecule has 0 unspecified atom stereocenters. The molecule has 0 spiro atoms. The topological polar surface area (TPSA) is 42.7 Å². The fraction of sp³-hybridized carbons (Fsp3) is 0.200. The molecule has 0 aliphatic carbocycles. The Balaban J connectivity index is 1.92. The summed E-state index contributed by atoms with van der Waals surface area (Å²) < 4.78 is 1.87. The van der Waals surface area contributed by atoms with Crippen LogP contribution in [0.2, 0.25) is 5.02 Å². The maximum atomic E-state index is 6.19. The van der Waals surface area contributed by atoms with Crippen molar-refractivity contribution in [1.29, 1.82) is 0 Å². The highest BCUT2D eigenvalue weighted by atomic mass is 35.5. The Morgan fingerprint density at radius 3 is 2.90 bits per heavy atom. The van der Waals surface area contributed by atoms with E-state index in [4.69, 9.17) is 11.6 Å². The summed E-state index contributed by atoms with van der Waals surface area (Å²) in [6, 6.07) is 7.72. The van der Waals surface area contributed by atoms with Crippen molar-refractivity contribution in [3.05, 3.63) is 52.9 Å². The Kier molecular flexibility index (Phi) is 3.32. The van der Waals surface area contributed by atoms with Gasteiger partial charge in [-0.2, -0.15) is 5.10 Å². The summed E-state index contributed by atoms with van der Waals surface area (Å²) in [5.74, 6) is 0. The molecule has 0 fully saturated rings. The summed E-state index contributed by atoms with van der Waals surface area (Å²) in [6.07, 6.45) is 3.66. The van der Waals surface area contributed by atoms with Crippen molar-refractivity contribution in [1.82, 2.24) is 14.8 Å². The van der Waals surface area contributed by atoms with Crippen LogP contribution in [0.25, 0.3) is 10.9 Å². The number of fused-ring (bicyclic) bond motifs is 1. The van der Waals surface area contributed by atoms with Crippen molar-refractivity contribution < 1.29 is 0 Å². The zero-order valence-electron chi connectivity index (χ0n) is 11.4. The fourth-order valence-electron chi connectivity index (χ4n) is 2.19. The first-order valence-corrected chi connectivity index (χ1v) is 6.79. The van der Waals surface area contributed by atoms with Gasteiger partial charge < -0.3 is 5.32 Å². The van der Waals surface area contributed by atoms with Crippen molar-refractivity contribution in [2.75, 3.05) is 5.32 Å². The Hall–Kier alpha value is -2.07. The van der Waals surface area contributed by atoms with Crippen molar-refractivity contribution in [2.45, 2.75) is 13.5 Å². The highest BCUT2D eigenvalue weighted by Gasteiger charge is 2.07. The lowest BCUT2D eigenvalue weighted by Crippen LogP contribution is -2.02. The predicted octanol–water partition coefficient (Wildman–Crippen LogP) is 3.54. The molecule has 3 rings (SSSR count). The molecule has 102 valence electrons. The number of pyridine rings is 1. The summed E-state index contributed by atoms with van der Waals surface area (Å²) in [5, 5.41) is 9.33. The second kappa shape index (κ2) is 5.13. The van der Waals surface area contributed by atoms with E-state index in [1.807, 2.05) is 42.2 Å². The Bertz CT molecular complexity index is 764. The van der Waals surface area contributed by atoms with Gasteiger partial charge in [-0.3, -0.25) is 9.67 Å². The quantitative estimate of drug-likeness (QED) is 0.801. The molecule has 2 heterocycles. The second-order valence-corrected chi connectivity index (χ2v) is 5.13. The van der Waals surface area contributed by atoms with E-state index in [2.05, 4.69) is 22.3 Å². The van der Waals surface area contributed by atoms with Gasteiger partial charge in [-0.15, -0.1) is 0 Å². The number of aryl methyl sites for hydroxylation is 1. The molecule has 0 atom stereocenters. The van der Waals surface area contributed by atoms with Gasteiger partial charge >= 0.3 is 0 Å². The van der Waals surface area contributed by atoms with Crippen LogP contribution in [0.4, 0.5) is 5.69 Å². The third-order valence-electron chi connectivity index (χ3n) is 3.52. The fourth-order valence-corrected chi connectivity index (χ4v) is 2.40. The van der Waals surface area contributed by atoms with Crippen molar-refractivity contribution >= 4 is 28.2 Å². The summed E-state index contributed by atoms with van der Waals surface area (Å²) >= 11 is 6.19. The maximum absolute atomic E-state index is 6.19. The van der Waals surface area contributed by atoms with Crippen molar-refractivity contribution in [3.8, 4) is 0 Å². The van der Waals surface area contributed by atoms with Crippen LogP contribution < -0.4 is 5.32 Å². The molecule has 3 aromatic rings. The average Bonchev–Trinajstić information content (AvgIpc) is 2.79. The summed E-state index contributed by atoms with van der Waals surface area (Å²) in [5.41, 5.74) is 4.20. The Morgan fingerprint density at radius 2 is 2.15 bits per heavy atom. The van der Waals surface area contributed by atoms with E-state index < -0.39 is 0 Å². The first-order valence-electron chi connectivity index (χ1n) is 6.41. The van der Waals surface area contributed by atoms with Crippen LogP contribution in [-0.2, 0) is 13.6 Å². The first-order chi connectivity index (χ1) is 9.66. The van der Waals surface area contributed by atoms with Crippen LogP contribution in [0, 0.1) is 6.92 Å². The molecule has 0 radical (unpaired) electrons. The van der Waals surface area contributed by atoms with Crippen molar-refractivity contribution in [3.63, 3.8) is 0 Å². The molecule has 0 saturated heterocycles.